The van der Waals surface area contributed by atoms with E-state index in [2.05, 4.69) is 45.2 Å². The second-order valence-corrected chi connectivity index (χ2v) is 9.08. The van der Waals surface area contributed by atoms with Crippen molar-refractivity contribution in [3.63, 3.8) is 0 Å². The summed E-state index contributed by atoms with van der Waals surface area (Å²) in [6.07, 6.45) is 3.10. The number of hydrogen-bond acceptors (Lipinski definition) is 3. The first-order valence-corrected chi connectivity index (χ1v) is 11.2. The highest BCUT2D eigenvalue weighted by atomic mass is 35.5. The smallest absolute Gasteiger partial charge is 0.255 e. The van der Waals surface area contributed by atoms with Gasteiger partial charge in [-0.05, 0) is 42.2 Å². The van der Waals surface area contributed by atoms with Gasteiger partial charge in [0, 0.05) is 47.9 Å². The van der Waals surface area contributed by atoms with Crippen molar-refractivity contribution in [2.45, 2.75) is 38.3 Å². The zero-order valence-electron chi connectivity index (χ0n) is 17.1. The van der Waals surface area contributed by atoms with E-state index in [1.54, 1.807) is 0 Å². The topological polar surface area (TPSA) is 64.8 Å². The van der Waals surface area contributed by atoms with Crippen LogP contribution in [0.15, 0.2) is 53.3 Å². The predicted octanol–water partition coefficient (Wildman–Crippen LogP) is 5.01. The zero-order valence-corrected chi connectivity index (χ0v) is 17.9. The lowest BCUT2D eigenvalue weighted by molar-refractivity contribution is 0.242. The molecule has 1 fully saturated rings. The Balaban J connectivity index is 1.35. The SMILES string of the molecule is O=c1[nH]c(C2CC2)nc2c1CN(Cc1c(-c3ccc(Cl)cc3)[nH]c3ccccc13)CC2. The number of fused-ring (bicyclic) bond motifs is 2. The molecule has 6 heteroatoms. The normalized spacial score (nSPS) is 16.5. The molecule has 156 valence electrons. The maximum atomic E-state index is 12.8. The fourth-order valence-corrected chi connectivity index (χ4v) is 4.76. The molecule has 2 aromatic heterocycles. The molecule has 2 aromatic carbocycles. The number of aromatic nitrogens is 3. The van der Waals surface area contributed by atoms with E-state index in [0.29, 0.717) is 12.5 Å². The summed E-state index contributed by atoms with van der Waals surface area (Å²) in [5.41, 5.74) is 6.44. The van der Waals surface area contributed by atoms with Crippen molar-refractivity contribution in [2.24, 2.45) is 0 Å². The third-order valence-corrected chi connectivity index (χ3v) is 6.71. The Labute approximate surface area is 185 Å². The van der Waals surface area contributed by atoms with Crippen LogP contribution >= 0.6 is 11.6 Å². The molecule has 0 spiro atoms. The Kier molecular flexibility index (Phi) is 4.47. The quantitative estimate of drug-likeness (QED) is 0.478. The van der Waals surface area contributed by atoms with Gasteiger partial charge in [0.2, 0.25) is 0 Å². The van der Waals surface area contributed by atoms with Gasteiger partial charge in [0.1, 0.15) is 5.82 Å². The van der Waals surface area contributed by atoms with Gasteiger partial charge in [0.25, 0.3) is 5.56 Å². The summed E-state index contributed by atoms with van der Waals surface area (Å²) >= 11 is 6.11. The van der Waals surface area contributed by atoms with Gasteiger partial charge in [-0.15, -0.1) is 0 Å². The average Bonchev–Trinajstić information content (AvgIpc) is 3.58. The highest BCUT2D eigenvalue weighted by Crippen LogP contribution is 2.38. The van der Waals surface area contributed by atoms with Crippen LogP contribution in [0.1, 0.15) is 41.4 Å². The minimum Gasteiger partial charge on any atom is -0.354 e. The predicted molar refractivity (Wildman–Crippen MR) is 123 cm³/mol. The molecule has 2 aliphatic rings. The van der Waals surface area contributed by atoms with Crippen molar-refractivity contribution in [1.82, 2.24) is 19.9 Å². The summed E-state index contributed by atoms with van der Waals surface area (Å²) in [6.45, 7) is 2.29. The highest BCUT2D eigenvalue weighted by Gasteiger charge is 2.29. The molecule has 4 aromatic rings. The Hall–Kier alpha value is -2.89. The molecule has 0 unspecified atom stereocenters. The van der Waals surface area contributed by atoms with Gasteiger partial charge in [0.15, 0.2) is 0 Å². The van der Waals surface area contributed by atoms with Gasteiger partial charge in [-0.1, -0.05) is 41.9 Å². The summed E-state index contributed by atoms with van der Waals surface area (Å²) in [6, 6.07) is 16.3. The van der Waals surface area contributed by atoms with Crippen molar-refractivity contribution in [3.8, 4) is 11.3 Å². The van der Waals surface area contributed by atoms with Crippen molar-refractivity contribution < 1.29 is 0 Å². The minimum atomic E-state index is 0.0356. The molecule has 3 heterocycles. The fraction of sp³-hybridized carbons (Fsp3) is 0.280. The van der Waals surface area contributed by atoms with Crippen LogP contribution in [0.2, 0.25) is 5.02 Å². The lowest BCUT2D eigenvalue weighted by atomic mass is 10.0. The molecular formula is C25H23ClN4O. The van der Waals surface area contributed by atoms with Crippen molar-refractivity contribution in [3.05, 3.63) is 86.6 Å². The zero-order chi connectivity index (χ0) is 20.9. The first-order valence-electron chi connectivity index (χ1n) is 10.9. The standard InChI is InChI=1S/C25H23ClN4O/c26-17-9-7-15(8-10-17)23-19(18-3-1-2-4-21(18)27-23)13-30-12-11-22-20(14-30)25(31)29-24(28-22)16-5-6-16/h1-4,7-10,16,27H,5-6,11-14H2,(H,28,29,31). The third kappa shape index (κ3) is 3.48. The van der Waals surface area contributed by atoms with Gasteiger partial charge in [-0.3, -0.25) is 9.69 Å². The van der Waals surface area contributed by atoms with E-state index >= 15 is 0 Å². The molecule has 1 saturated carbocycles. The molecule has 5 nitrogen and oxygen atoms in total. The number of benzene rings is 2. The maximum absolute atomic E-state index is 12.8. The van der Waals surface area contributed by atoms with E-state index < -0.39 is 0 Å². The van der Waals surface area contributed by atoms with E-state index in [1.807, 2.05) is 18.2 Å². The summed E-state index contributed by atoms with van der Waals surface area (Å²) in [5, 5.41) is 1.95. The van der Waals surface area contributed by atoms with Crippen molar-refractivity contribution in [2.75, 3.05) is 6.54 Å². The molecule has 0 amide bonds. The van der Waals surface area contributed by atoms with Crippen LogP contribution < -0.4 is 5.56 Å². The summed E-state index contributed by atoms with van der Waals surface area (Å²) in [4.78, 5) is 26.5. The van der Waals surface area contributed by atoms with Crippen LogP contribution in [0.25, 0.3) is 22.2 Å². The highest BCUT2D eigenvalue weighted by molar-refractivity contribution is 6.30. The number of para-hydroxylation sites is 1. The van der Waals surface area contributed by atoms with E-state index in [-0.39, 0.29) is 5.56 Å². The molecule has 31 heavy (non-hydrogen) atoms. The summed E-state index contributed by atoms with van der Waals surface area (Å²) in [5.74, 6) is 1.35. The lowest BCUT2D eigenvalue weighted by Gasteiger charge is -2.28. The average molecular weight is 431 g/mol. The molecule has 0 atom stereocenters. The summed E-state index contributed by atoms with van der Waals surface area (Å²) in [7, 11) is 0. The number of hydrogen-bond donors (Lipinski definition) is 2. The number of halogens is 1. The Morgan fingerprint density at radius 2 is 1.87 bits per heavy atom. The summed E-state index contributed by atoms with van der Waals surface area (Å²) < 4.78 is 0. The van der Waals surface area contributed by atoms with E-state index in [1.165, 1.54) is 10.9 Å². The second kappa shape index (κ2) is 7.36. The molecule has 1 aliphatic carbocycles. The van der Waals surface area contributed by atoms with Gasteiger partial charge < -0.3 is 9.97 Å². The Morgan fingerprint density at radius 3 is 2.68 bits per heavy atom. The number of nitrogens with one attached hydrogen (secondary N) is 2. The first kappa shape index (κ1) is 18.8. The molecule has 1 aliphatic heterocycles. The van der Waals surface area contributed by atoms with Gasteiger partial charge in [-0.2, -0.15) is 0 Å². The van der Waals surface area contributed by atoms with Crippen LogP contribution in [0.3, 0.4) is 0 Å². The molecule has 0 bridgehead atoms. The number of H-pyrrole nitrogens is 2. The first-order chi connectivity index (χ1) is 15.2. The molecular weight excluding hydrogens is 408 g/mol. The van der Waals surface area contributed by atoms with E-state index in [0.717, 1.165) is 71.2 Å². The van der Waals surface area contributed by atoms with Crippen LogP contribution in [-0.2, 0) is 19.5 Å². The molecule has 2 N–H and O–H groups in total. The van der Waals surface area contributed by atoms with Crippen LogP contribution in [0, 0.1) is 0 Å². The number of rotatable bonds is 4. The Morgan fingerprint density at radius 1 is 1.06 bits per heavy atom. The van der Waals surface area contributed by atoms with Gasteiger partial charge >= 0.3 is 0 Å². The second-order valence-electron chi connectivity index (χ2n) is 8.64. The van der Waals surface area contributed by atoms with Crippen molar-refractivity contribution in [1.29, 1.82) is 0 Å². The van der Waals surface area contributed by atoms with E-state index in [4.69, 9.17) is 16.6 Å². The third-order valence-electron chi connectivity index (χ3n) is 6.46. The number of aromatic amines is 2. The Bertz CT molecular complexity index is 1330. The monoisotopic (exact) mass is 430 g/mol. The van der Waals surface area contributed by atoms with Crippen LogP contribution in [0.5, 0.6) is 0 Å². The molecule has 0 radical (unpaired) electrons. The van der Waals surface area contributed by atoms with Crippen LogP contribution in [-0.4, -0.2) is 26.4 Å². The van der Waals surface area contributed by atoms with Gasteiger partial charge in [-0.25, -0.2) is 4.98 Å². The molecule has 0 saturated heterocycles. The molecule has 6 rings (SSSR count). The number of nitrogens with zero attached hydrogens (tertiary/aromatic N) is 2. The van der Waals surface area contributed by atoms with Crippen LogP contribution in [0.4, 0.5) is 0 Å². The fourth-order valence-electron chi connectivity index (χ4n) is 4.64. The van der Waals surface area contributed by atoms with Crippen molar-refractivity contribution >= 4 is 22.5 Å². The van der Waals surface area contributed by atoms with Gasteiger partial charge in [0.05, 0.1) is 17.0 Å². The van der Waals surface area contributed by atoms with E-state index in [9.17, 15) is 4.79 Å². The maximum Gasteiger partial charge on any atom is 0.255 e. The lowest BCUT2D eigenvalue weighted by Crippen LogP contribution is -2.35. The largest absolute Gasteiger partial charge is 0.354 e. The minimum absolute atomic E-state index is 0.0356.